The van der Waals surface area contributed by atoms with Crippen molar-refractivity contribution in [1.29, 1.82) is 0 Å². The summed E-state index contributed by atoms with van der Waals surface area (Å²) in [6.07, 6.45) is 0.549. The quantitative estimate of drug-likeness (QED) is 0.361. The molecule has 0 N–H and O–H groups in total. The largest absolute Gasteiger partial charge is 0.379 e. The molecule has 1 amide bonds. The van der Waals surface area contributed by atoms with E-state index in [9.17, 15) is 17.6 Å². The highest BCUT2D eigenvalue weighted by molar-refractivity contribution is 9.10. The second-order valence-electron chi connectivity index (χ2n) is 7.98. The average molecular weight is 571 g/mol. The molecule has 2 heterocycles. The topological polar surface area (TPSA) is 79.8 Å². The van der Waals surface area contributed by atoms with Crippen LogP contribution in [0.1, 0.15) is 12.8 Å². The number of hydrogen-bond donors (Lipinski definition) is 0. The molecule has 1 saturated heterocycles. The van der Waals surface area contributed by atoms with Crippen molar-refractivity contribution >= 4 is 58.4 Å². The zero-order chi connectivity index (χ0) is 24.1. The van der Waals surface area contributed by atoms with E-state index in [0.29, 0.717) is 24.9 Å². The first-order valence-electron chi connectivity index (χ1n) is 11.0. The van der Waals surface area contributed by atoms with Crippen molar-refractivity contribution in [2.24, 2.45) is 0 Å². The Kier molecular flexibility index (Phi) is 8.30. The van der Waals surface area contributed by atoms with Gasteiger partial charge >= 0.3 is 0 Å². The molecule has 3 aromatic rings. The highest BCUT2D eigenvalue weighted by Gasteiger charge is 2.24. The summed E-state index contributed by atoms with van der Waals surface area (Å²) in [5.74, 6) is -1.16. The van der Waals surface area contributed by atoms with E-state index in [1.165, 1.54) is 23.5 Å². The van der Waals surface area contributed by atoms with Gasteiger partial charge in [-0.15, -0.1) is 0 Å². The number of aromatic nitrogens is 1. The maximum absolute atomic E-state index is 13.2. The lowest BCUT2D eigenvalue weighted by Crippen LogP contribution is -2.39. The molecule has 1 aliphatic heterocycles. The fourth-order valence-electron chi connectivity index (χ4n) is 3.72. The molecule has 182 valence electrons. The van der Waals surface area contributed by atoms with Gasteiger partial charge in [0.25, 0.3) is 0 Å². The van der Waals surface area contributed by atoms with Crippen LogP contribution in [0.15, 0.2) is 51.8 Å². The number of rotatable bonds is 9. The Bertz CT molecular complexity index is 1240. The van der Waals surface area contributed by atoms with Gasteiger partial charge in [-0.3, -0.25) is 14.6 Å². The van der Waals surface area contributed by atoms with Gasteiger partial charge < -0.3 is 4.74 Å². The number of sulfone groups is 1. The summed E-state index contributed by atoms with van der Waals surface area (Å²) in [6.45, 7) is 4.39. The zero-order valence-corrected chi connectivity index (χ0v) is 21.7. The lowest BCUT2D eigenvalue weighted by Gasteiger charge is -2.27. The molecule has 1 aromatic heterocycles. The molecule has 1 aliphatic rings. The molecule has 34 heavy (non-hydrogen) atoms. The molecule has 4 rings (SSSR count). The first kappa shape index (κ1) is 25.2. The number of amides is 1. The van der Waals surface area contributed by atoms with Gasteiger partial charge in [0.05, 0.1) is 34.1 Å². The number of thiazole rings is 1. The predicted molar refractivity (Wildman–Crippen MR) is 135 cm³/mol. The van der Waals surface area contributed by atoms with Gasteiger partial charge in [0.2, 0.25) is 5.91 Å². The highest BCUT2D eigenvalue weighted by Crippen LogP contribution is 2.31. The molecular weight excluding hydrogens is 545 g/mol. The van der Waals surface area contributed by atoms with E-state index < -0.39 is 15.7 Å². The normalized spacial score (nSPS) is 15.0. The number of carbonyl (C=O) groups is 1. The van der Waals surface area contributed by atoms with Crippen LogP contribution in [-0.4, -0.2) is 69.4 Å². The number of carbonyl (C=O) groups excluding carboxylic acids is 1. The van der Waals surface area contributed by atoms with Gasteiger partial charge in [-0.1, -0.05) is 27.3 Å². The molecule has 0 aliphatic carbocycles. The maximum atomic E-state index is 13.2. The fraction of sp³-hybridized carbons (Fsp3) is 0.391. The van der Waals surface area contributed by atoms with Crippen molar-refractivity contribution in [2.75, 3.05) is 50.0 Å². The van der Waals surface area contributed by atoms with Crippen LogP contribution in [0.5, 0.6) is 0 Å². The number of anilines is 1. The van der Waals surface area contributed by atoms with Crippen LogP contribution in [0.4, 0.5) is 9.52 Å². The predicted octanol–water partition coefficient (Wildman–Crippen LogP) is 4.12. The SMILES string of the molecule is O=C(CCS(=O)(=O)c1ccc(F)cc1)N(CCCN1CCOCC1)c1nc2ccc(Br)cc2s1. The number of benzene rings is 2. The van der Waals surface area contributed by atoms with Crippen LogP contribution in [-0.2, 0) is 19.4 Å². The van der Waals surface area contributed by atoms with E-state index in [4.69, 9.17) is 4.74 Å². The number of ether oxygens (including phenoxy) is 1. The molecule has 11 heteroatoms. The monoisotopic (exact) mass is 569 g/mol. The Morgan fingerprint density at radius 2 is 1.91 bits per heavy atom. The third-order valence-corrected chi connectivity index (χ3v) is 8.85. The lowest BCUT2D eigenvalue weighted by atomic mass is 10.3. The van der Waals surface area contributed by atoms with E-state index in [1.807, 2.05) is 18.2 Å². The third kappa shape index (κ3) is 6.39. The van der Waals surface area contributed by atoms with Crippen LogP contribution in [0.25, 0.3) is 10.2 Å². The standard InChI is InChI=1S/C23H25BrFN3O4S2/c24-17-2-7-20-21(16-17)33-23(26-20)28(10-1-9-27-11-13-32-14-12-27)22(29)8-15-34(30,31)19-5-3-18(25)4-6-19/h2-7,16H,1,8-15H2. The first-order valence-corrected chi connectivity index (χ1v) is 14.2. The van der Waals surface area contributed by atoms with E-state index in [0.717, 1.165) is 52.9 Å². The van der Waals surface area contributed by atoms with E-state index in [-0.39, 0.29) is 23.0 Å². The molecule has 0 bridgehead atoms. The maximum Gasteiger partial charge on any atom is 0.229 e. The van der Waals surface area contributed by atoms with Crippen molar-refractivity contribution < 1.29 is 22.3 Å². The highest BCUT2D eigenvalue weighted by atomic mass is 79.9. The Morgan fingerprint density at radius 3 is 2.65 bits per heavy atom. The van der Waals surface area contributed by atoms with E-state index >= 15 is 0 Å². The van der Waals surface area contributed by atoms with Gasteiger partial charge in [-0.25, -0.2) is 17.8 Å². The second kappa shape index (κ2) is 11.2. The molecule has 2 aromatic carbocycles. The second-order valence-corrected chi connectivity index (χ2v) is 12.0. The Morgan fingerprint density at radius 1 is 1.18 bits per heavy atom. The summed E-state index contributed by atoms with van der Waals surface area (Å²) in [7, 11) is -3.72. The van der Waals surface area contributed by atoms with E-state index in [1.54, 1.807) is 4.90 Å². The van der Waals surface area contributed by atoms with E-state index in [2.05, 4.69) is 25.8 Å². The Hall–Kier alpha value is -1.92. The lowest BCUT2D eigenvalue weighted by molar-refractivity contribution is -0.118. The van der Waals surface area contributed by atoms with Gasteiger partial charge in [0.15, 0.2) is 15.0 Å². The van der Waals surface area contributed by atoms with Crippen LogP contribution in [0.2, 0.25) is 0 Å². The molecule has 7 nitrogen and oxygen atoms in total. The fourth-order valence-corrected chi connectivity index (χ4v) is 6.51. The molecule has 1 fully saturated rings. The minimum Gasteiger partial charge on any atom is -0.379 e. The van der Waals surface area contributed by atoms with Gasteiger partial charge in [0, 0.05) is 37.1 Å². The van der Waals surface area contributed by atoms with Gasteiger partial charge in [-0.2, -0.15) is 0 Å². The third-order valence-electron chi connectivity index (χ3n) is 5.59. The average Bonchev–Trinajstić information content (AvgIpc) is 3.24. The van der Waals surface area contributed by atoms with Crippen LogP contribution >= 0.6 is 27.3 Å². The number of nitrogens with zero attached hydrogens (tertiary/aromatic N) is 3. The minimum absolute atomic E-state index is 0.00500. The Balaban J connectivity index is 1.48. The molecule has 0 atom stereocenters. The summed E-state index contributed by atoms with van der Waals surface area (Å²) in [4.78, 5) is 21.8. The van der Waals surface area contributed by atoms with Crippen molar-refractivity contribution in [2.45, 2.75) is 17.7 Å². The molecular formula is C23H25BrFN3O4S2. The zero-order valence-electron chi connectivity index (χ0n) is 18.5. The van der Waals surface area contributed by atoms with Crippen LogP contribution in [0.3, 0.4) is 0 Å². The smallest absolute Gasteiger partial charge is 0.229 e. The summed E-state index contributed by atoms with van der Waals surface area (Å²) in [5.41, 5.74) is 0.785. The Labute approximate surface area is 210 Å². The van der Waals surface area contributed by atoms with Crippen molar-refractivity contribution in [1.82, 2.24) is 9.88 Å². The molecule has 0 radical (unpaired) electrons. The number of fused-ring (bicyclic) bond motifs is 1. The summed E-state index contributed by atoms with van der Waals surface area (Å²) in [5, 5.41) is 0.555. The number of halogens is 2. The summed E-state index contributed by atoms with van der Waals surface area (Å²) in [6, 6.07) is 10.4. The van der Waals surface area contributed by atoms with Crippen LogP contribution in [0, 0.1) is 5.82 Å². The molecule has 0 spiro atoms. The minimum atomic E-state index is -3.72. The molecule has 0 unspecified atom stereocenters. The van der Waals surface area contributed by atoms with Gasteiger partial charge in [-0.05, 0) is 48.9 Å². The van der Waals surface area contributed by atoms with Crippen LogP contribution < -0.4 is 4.90 Å². The first-order chi connectivity index (χ1) is 16.3. The molecule has 0 saturated carbocycles. The summed E-state index contributed by atoms with van der Waals surface area (Å²) >= 11 is 4.86. The number of morpholine rings is 1. The van der Waals surface area contributed by atoms with Gasteiger partial charge in [0.1, 0.15) is 5.82 Å². The van der Waals surface area contributed by atoms with Crippen molar-refractivity contribution in [3.05, 3.63) is 52.8 Å². The summed E-state index contributed by atoms with van der Waals surface area (Å²) < 4.78 is 45.8. The number of hydrogen-bond acceptors (Lipinski definition) is 7. The van der Waals surface area contributed by atoms with Crippen molar-refractivity contribution in [3.8, 4) is 0 Å². The van der Waals surface area contributed by atoms with Crippen molar-refractivity contribution in [3.63, 3.8) is 0 Å².